The van der Waals surface area contributed by atoms with Crippen molar-refractivity contribution in [3.05, 3.63) is 34.9 Å². The van der Waals surface area contributed by atoms with Crippen molar-refractivity contribution in [2.45, 2.75) is 25.4 Å². The lowest BCUT2D eigenvalue weighted by Crippen LogP contribution is -2.37. The quantitative estimate of drug-likeness (QED) is 0.848. The molecule has 0 amide bonds. The first-order valence-corrected chi connectivity index (χ1v) is 6.27. The lowest BCUT2D eigenvalue weighted by molar-refractivity contribution is 0.0922. The van der Waals surface area contributed by atoms with E-state index < -0.39 is 0 Å². The molecule has 1 aliphatic heterocycles. The molecule has 3 heteroatoms. The van der Waals surface area contributed by atoms with E-state index in [0.29, 0.717) is 12.3 Å². The molecule has 0 saturated carbocycles. The molecule has 2 unspecified atom stereocenters. The van der Waals surface area contributed by atoms with Gasteiger partial charge in [0.05, 0.1) is 6.10 Å². The van der Waals surface area contributed by atoms with Crippen molar-refractivity contribution in [3.63, 3.8) is 0 Å². The minimum atomic E-state index is -0.258. The van der Waals surface area contributed by atoms with Crippen molar-refractivity contribution < 1.29 is 5.11 Å². The van der Waals surface area contributed by atoms with E-state index >= 15 is 0 Å². The van der Waals surface area contributed by atoms with Gasteiger partial charge in [-0.25, -0.2) is 0 Å². The Labute approximate surface area is 102 Å². The lowest BCUT2D eigenvalue weighted by Gasteiger charge is -2.27. The fourth-order valence-electron chi connectivity index (χ4n) is 2.28. The highest BCUT2D eigenvalue weighted by molar-refractivity contribution is 6.30. The van der Waals surface area contributed by atoms with Crippen LogP contribution in [0.5, 0.6) is 0 Å². The van der Waals surface area contributed by atoms with Crippen LogP contribution in [-0.4, -0.2) is 24.3 Å². The van der Waals surface area contributed by atoms with Crippen LogP contribution in [0.15, 0.2) is 24.3 Å². The van der Waals surface area contributed by atoms with Gasteiger partial charge in [-0.1, -0.05) is 23.7 Å². The summed E-state index contributed by atoms with van der Waals surface area (Å²) in [6, 6.07) is 7.75. The number of halogens is 1. The molecule has 2 atom stereocenters. The van der Waals surface area contributed by atoms with Gasteiger partial charge in [-0.3, -0.25) is 0 Å². The van der Waals surface area contributed by atoms with Crippen LogP contribution >= 0.6 is 11.6 Å². The molecule has 0 aromatic heterocycles. The second-order valence-electron chi connectivity index (χ2n) is 4.51. The van der Waals surface area contributed by atoms with Gasteiger partial charge >= 0.3 is 0 Å². The average molecular weight is 240 g/mol. The van der Waals surface area contributed by atoms with Gasteiger partial charge < -0.3 is 10.4 Å². The summed E-state index contributed by atoms with van der Waals surface area (Å²) >= 11 is 5.92. The number of nitrogens with one attached hydrogen (secondary N) is 1. The fraction of sp³-hybridized carbons (Fsp3) is 0.538. The molecule has 0 radical (unpaired) electrons. The third-order valence-electron chi connectivity index (χ3n) is 3.21. The number of rotatable bonds is 3. The predicted molar refractivity (Wildman–Crippen MR) is 66.8 cm³/mol. The van der Waals surface area contributed by atoms with Crippen molar-refractivity contribution in [1.82, 2.24) is 5.32 Å². The van der Waals surface area contributed by atoms with Gasteiger partial charge in [0.25, 0.3) is 0 Å². The molecule has 16 heavy (non-hydrogen) atoms. The number of aliphatic hydroxyl groups excluding tert-OH is 1. The van der Waals surface area contributed by atoms with Crippen LogP contribution in [0.4, 0.5) is 0 Å². The van der Waals surface area contributed by atoms with E-state index in [1.165, 1.54) is 0 Å². The molecule has 1 heterocycles. The first-order valence-electron chi connectivity index (χ1n) is 5.89. The van der Waals surface area contributed by atoms with Crippen molar-refractivity contribution in [2.24, 2.45) is 5.92 Å². The van der Waals surface area contributed by atoms with E-state index in [1.807, 2.05) is 24.3 Å². The Balaban J connectivity index is 1.93. The summed E-state index contributed by atoms with van der Waals surface area (Å²) in [7, 11) is 0. The van der Waals surface area contributed by atoms with Gasteiger partial charge in [0.2, 0.25) is 0 Å². The number of piperidine rings is 1. The van der Waals surface area contributed by atoms with Crippen molar-refractivity contribution in [3.8, 4) is 0 Å². The van der Waals surface area contributed by atoms with Gasteiger partial charge in [0, 0.05) is 11.6 Å². The highest BCUT2D eigenvalue weighted by Crippen LogP contribution is 2.19. The Morgan fingerprint density at radius 1 is 1.50 bits per heavy atom. The van der Waals surface area contributed by atoms with Crippen LogP contribution in [0.3, 0.4) is 0 Å². The monoisotopic (exact) mass is 239 g/mol. The smallest absolute Gasteiger partial charge is 0.0620 e. The molecule has 1 fully saturated rings. The third kappa shape index (κ3) is 3.21. The minimum absolute atomic E-state index is 0.258. The van der Waals surface area contributed by atoms with Gasteiger partial charge in [-0.2, -0.15) is 0 Å². The topological polar surface area (TPSA) is 32.3 Å². The van der Waals surface area contributed by atoms with Crippen molar-refractivity contribution in [1.29, 1.82) is 0 Å². The number of benzene rings is 1. The molecule has 0 bridgehead atoms. The summed E-state index contributed by atoms with van der Waals surface area (Å²) in [5, 5.41) is 14.2. The molecular weight excluding hydrogens is 222 g/mol. The number of hydrogen-bond donors (Lipinski definition) is 2. The molecule has 1 aliphatic rings. The molecular formula is C13H18ClNO. The van der Waals surface area contributed by atoms with E-state index in [2.05, 4.69) is 5.32 Å². The van der Waals surface area contributed by atoms with E-state index in [1.54, 1.807) is 0 Å². The standard InChI is InChI=1S/C13H18ClNO/c14-12-5-1-3-10(7-12)8-13(16)11-4-2-6-15-9-11/h1,3,5,7,11,13,15-16H,2,4,6,8-9H2. The van der Waals surface area contributed by atoms with Gasteiger partial charge in [0.1, 0.15) is 0 Å². The molecule has 2 rings (SSSR count). The van der Waals surface area contributed by atoms with Crippen molar-refractivity contribution in [2.75, 3.05) is 13.1 Å². The average Bonchev–Trinajstić information content (AvgIpc) is 2.30. The van der Waals surface area contributed by atoms with Gasteiger partial charge in [0.15, 0.2) is 0 Å². The Bertz CT molecular complexity index is 336. The van der Waals surface area contributed by atoms with Crippen LogP contribution in [0, 0.1) is 5.92 Å². The molecule has 0 spiro atoms. The highest BCUT2D eigenvalue weighted by atomic mass is 35.5. The molecule has 2 nitrogen and oxygen atoms in total. The van der Waals surface area contributed by atoms with Gasteiger partial charge in [-0.15, -0.1) is 0 Å². The summed E-state index contributed by atoms with van der Waals surface area (Å²) in [5.74, 6) is 0.382. The second-order valence-corrected chi connectivity index (χ2v) is 4.94. The maximum absolute atomic E-state index is 10.1. The molecule has 1 aromatic rings. The zero-order valence-electron chi connectivity index (χ0n) is 9.32. The minimum Gasteiger partial charge on any atom is -0.392 e. The molecule has 0 aliphatic carbocycles. The predicted octanol–water partition coefficient (Wildman–Crippen LogP) is 2.24. The van der Waals surface area contributed by atoms with E-state index in [-0.39, 0.29) is 6.10 Å². The van der Waals surface area contributed by atoms with Crippen LogP contribution in [0.25, 0.3) is 0 Å². The normalized spacial score (nSPS) is 23.0. The fourth-order valence-corrected chi connectivity index (χ4v) is 2.49. The van der Waals surface area contributed by atoms with Crippen LogP contribution in [0.1, 0.15) is 18.4 Å². The Morgan fingerprint density at radius 2 is 2.38 bits per heavy atom. The van der Waals surface area contributed by atoms with Crippen LogP contribution in [-0.2, 0) is 6.42 Å². The van der Waals surface area contributed by atoms with Crippen LogP contribution < -0.4 is 5.32 Å². The Kier molecular flexibility index (Phi) is 4.22. The number of hydrogen-bond acceptors (Lipinski definition) is 2. The summed E-state index contributed by atoms with van der Waals surface area (Å²) in [4.78, 5) is 0. The highest BCUT2D eigenvalue weighted by Gasteiger charge is 2.21. The summed E-state index contributed by atoms with van der Waals surface area (Å²) < 4.78 is 0. The van der Waals surface area contributed by atoms with E-state index in [4.69, 9.17) is 11.6 Å². The largest absolute Gasteiger partial charge is 0.392 e. The lowest BCUT2D eigenvalue weighted by atomic mass is 9.90. The number of aliphatic hydroxyl groups is 1. The third-order valence-corrected chi connectivity index (χ3v) is 3.45. The zero-order valence-corrected chi connectivity index (χ0v) is 10.1. The molecule has 1 saturated heterocycles. The van der Waals surface area contributed by atoms with Gasteiger partial charge in [-0.05, 0) is 49.4 Å². The maximum Gasteiger partial charge on any atom is 0.0620 e. The zero-order chi connectivity index (χ0) is 11.4. The SMILES string of the molecule is OC(Cc1cccc(Cl)c1)C1CCCNC1. The molecule has 88 valence electrons. The Morgan fingerprint density at radius 3 is 3.06 bits per heavy atom. The molecule has 1 aromatic carbocycles. The Hall–Kier alpha value is -0.570. The second kappa shape index (κ2) is 5.67. The van der Waals surface area contributed by atoms with E-state index in [0.717, 1.165) is 36.5 Å². The molecule has 2 N–H and O–H groups in total. The first-order chi connectivity index (χ1) is 7.75. The van der Waals surface area contributed by atoms with Crippen LogP contribution in [0.2, 0.25) is 5.02 Å². The van der Waals surface area contributed by atoms with Crippen molar-refractivity contribution >= 4 is 11.6 Å². The summed E-state index contributed by atoms with van der Waals surface area (Å²) in [5.41, 5.74) is 1.12. The van der Waals surface area contributed by atoms with E-state index in [9.17, 15) is 5.11 Å². The summed E-state index contributed by atoms with van der Waals surface area (Å²) in [6.07, 6.45) is 2.73. The maximum atomic E-state index is 10.1. The summed E-state index contributed by atoms with van der Waals surface area (Å²) in [6.45, 7) is 2.02. The first kappa shape index (κ1) is 11.9.